The van der Waals surface area contributed by atoms with E-state index in [2.05, 4.69) is 16.0 Å². The first-order valence-corrected chi connectivity index (χ1v) is 9.41. The van der Waals surface area contributed by atoms with Gasteiger partial charge >= 0.3 is 6.03 Å². The number of hydrogen-bond acceptors (Lipinski definition) is 3. The fourth-order valence-electron chi connectivity index (χ4n) is 3.90. The molecule has 3 N–H and O–H groups in total. The van der Waals surface area contributed by atoms with E-state index in [1.54, 1.807) is 4.90 Å². The minimum absolute atomic E-state index is 0.0646. The largest absolute Gasteiger partial charge is 0.349 e. The number of fused-ring (bicyclic) bond motifs is 1. The molecule has 1 saturated carbocycles. The summed E-state index contributed by atoms with van der Waals surface area (Å²) in [4.78, 5) is 39.3. The highest BCUT2D eigenvalue weighted by Crippen LogP contribution is 2.29. The molecule has 1 aromatic rings. The van der Waals surface area contributed by atoms with Crippen molar-refractivity contribution >= 4 is 23.5 Å². The third-order valence-corrected chi connectivity index (χ3v) is 5.12. The molecule has 27 heavy (non-hydrogen) atoms. The summed E-state index contributed by atoms with van der Waals surface area (Å²) in [6, 6.07) is 4.05. The molecule has 3 atom stereocenters. The fourth-order valence-corrected chi connectivity index (χ4v) is 3.90. The van der Waals surface area contributed by atoms with Crippen LogP contribution < -0.4 is 16.0 Å². The van der Waals surface area contributed by atoms with E-state index in [0.717, 1.165) is 25.7 Å². The zero-order chi connectivity index (χ0) is 19.4. The minimum Gasteiger partial charge on any atom is -0.349 e. The second-order valence-corrected chi connectivity index (χ2v) is 6.98. The molecule has 0 aromatic heterocycles. The molecular weight excluding hydrogens is 351 g/mol. The molecule has 2 fully saturated rings. The Morgan fingerprint density at radius 3 is 2.63 bits per heavy atom. The number of carbonyl (C=O) groups is 3. The molecule has 7 nitrogen and oxygen atoms in total. The molecule has 3 rings (SSSR count). The predicted octanol–water partition coefficient (Wildman–Crippen LogP) is 2.00. The molecule has 0 radical (unpaired) electrons. The highest BCUT2D eigenvalue weighted by Gasteiger charge is 2.45. The van der Waals surface area contributed by atoms with Gasteiger partial charge in [-0.3, -0.25) is 9.59 Å². The van der Waals surface area contributed by atoms with Gasteiger partial charge in [0.2, 0.25) is 11.8 Å². The Balaban J connectivity index is 1.75. The third kappa shape index (κ3) is 4.37. The standard InChI is InChI=1S/C19H25FN4O3/c1-2-21-19(27)24-15-6-4-3-5-14(15)23-18(26)16(24)11-17(25)22-13-9-7-12(20)8-10-13/h7-10,14-16H,2-6,11H2,1H3,(H,21,27)(H,22,25)(H,23,26). The van der Waals surface area contributed by atoms with Crippen LogP contribution in [0.3, 0.4) is 0 Å². The van der Waals surface area contributed by atoms with Gasteiger partial charge in [-0.1, -0.05) is 12.8 Å². The number of benzene rings is 1. The van der Waals surface area contributed by atoms with Crippen molar-refractivity contribution in [2.45, 2.75) is 57.2 Å². The number of rotatable bonds is 4. The highest BCUT2D eigenvalue weighted by atomic mass is 19.1. The summed E-state index contributed by atoms with van der Waals surface area (Å²) in [5.74, 6) is -1.10. The number of amides is 4. The van der Waals surface area contributed by atoms with Gasteiger partial charge in [0, 0.05) is 18.3 Å². The molecule has 1 aliphatic carbocycles. The van der Waals surface area contributed by atoms with Crippen LogP contribution in [0.25, 0.3) is 0 Å². The van der Waals surface area contributed by atoms with E-state index in [-0.39, 0.29) is 30.4 Å². The first kappa shape index (κ1) is 19.1. The van der Waals surface area contributed by atoms with Gasteiger partial charge in [-0.05, 0) is 44.0 Å². The Labute approximate surface area is 157 Å². The van der Waals surface area contributed by atoms with E-state index in [4.69, 9.17) is 0 Å². The lowest BCUT2D eigenvalue weighted by atomic mass is 9.85. The molecule has 1 aromatic carbocycles. The number of nitrogens with one attached hydrogen (secondary N) is 3. The summed E-state index contributed by atoms with van der Waals surface area (Å²) in [5.41, 5.74) is 0.442. The Hall–Kier alpha value is -2.64. The lowest BCUT2D eigenvalue weighted by Gasteiger charge is -2.47. The number of nitrogens with zero attached hydrogens (tertiary/aromatic N) is 1. The van der Waals surface area contributed by atoms with Crippen LogP contribution in [0.4, 0.5) is 14.9 Å². The molecule has 3 unspecified atom stereocenters. The van der Waals surface area contributed by atoms with Gasteiger partial charge in [0.1, 0.15) is 11.9 Å². The zero-order valence-corrected chi connectivity index (χ0v) is 15.3. The third-order valence-electron chi connectivity index (χ3n) is 5.12. The summed E-state index contributed by atoms with van der Waals surface area (Å²) in [7, 11) is 0. The van der Waals surface area contributed by atoms with E-state index >= 15 is 0 Å². The average Bonchev–Trinajstić information content (AvgIpc) is 2.64. The number of anilines is 1. The highest BCUT2D eigenvalue weighted by molar-refractivity contribution is 5.97. The van der Waals surface area contributed by atoms with Crippen molar-refractivity contribution in [2.75, 3.05) is 11.9 Å². The van der Waals surface area contributed by atoms with Crippen molar-refractivity contribution in [2.24, 2.45) is 0 Å². The predicted molar refractivity (Wildman–Crippen MR) is 98.5 cm³/mol. The van der Waals surface area contributed by atoms with Crippen molar-refractivity contribution in [3.63, 3.8) is 0 Å². The van der Waals surface area contributed by atoms with Crippen LogP contribution >= 0.6 is 0 Å². The summed E-state index contributed by atoms with van der Waals surface area (Å²) < 4.78 is 13.0. The Morgan fingerprint density at radius 2 is 1.93 bits per heavy atom. The number of carbonyl (C=O) groups excluding carboxylic acids is 3. The summed E-state index contributed by atoms with van der Waals surface area (Å²) in [6.45, 7) is 2.26. The van der Waals surface area contributed by atoms with Crippen LogP contribution in [-0.2, 0) is 9.59 Å². The average molecular weight is 376 g/mol. The maximum Gasteiger partial charge on any atom is 0.318 e. The number of hydrogen-bond donors (Lipinski definition) is 3. The summed E-state index contributed by atoms with van der Waals surface area (Å²) in [5, 5.41) is 8.40. The van der Waals surface area contributed by atoms with E-state index < -0.39 is 17.8 Å². The van der Waals surface area contributed by atoms with Gasteiger partial charge in [-0.25, -0.2) is 9.18 Å². The zero-order valence-electron chi connectivity index (χ0n) is 15.3. The maximum absolute atomic E-state index is 13.0. The molecule has 1 aliphatic heterocycles. The van der Waals surface area contributed by atoms with E-state index in [0.29, 0.717) is 12.2 Å². The van der Waals surface area contributed by atoms with E-state index in [1.165, 1.54) is 24.3 Å². The molecule has 2 aliphatic rings. The SMILES string of the molecule is CCNC(=O)N1C(CC(=O)Nc2ccc(F)cc2)C(=O)NC2CCCCC21. The van der Waals surface area contributed by atoms with Gasteiger partial charge in [-0.2, -0.15) is 0 Å². The maximum atomic E-state index is 13.0. The van der Waals surface area contributed by atoms with Crippen LogP contribution in [0.15, 0.2) is 24.3 Å². The normalized spacial score (nSPS) is 24.6. The number of piperazine rings is 1. The van der Waals surface area contributed by atoms with Crippen molar-refractivity contribution in [3.05, 3.63) is 30.1 Å². The van der Waals surface area contributed by atoms with Crippen LogP contribution in [-0.4, -0.2) is 47.4 Å². The van der Waals surface area contributed by atoms with Crippen molar-refractivity contribution in [3.8, 4) is 0 Å². The fraction of sp³-hybridized carbons (Fsp3) is 0.526. The van der Waals surface area contributed by atoms with E-state index in [9.17, 15) is 18.8 Å². The smallest absolute Gasteiger partial charge is 0.318 e. The summed E-state index contributed by atoms with van der Waals surface area (Å²) in [6.07, 6.45) is 3.49. The lowest BCUT2D eigenvalue weighted by molar-refractivity contribution is -0.135. The molecule has 0 spiro atoms. The lowest BCUT2D eigenvalue weighted by Crippen LogP contribution is -2.69. The molecular formula is C19H25FN4O3. The molecule has 146 valence electrons. The number of halogens is 1. The van der Waals surface area contributed by atoms with Gasteiger partial charge in [0.25, 0.3) is 0 Å². The first-order chi connectivity index (χ1) is 13.0. The first-order valence-electron chi connectivity index (χ1n) is 9.41. The van der Waals surface area contributed by atoms with Crippen LogP contribution in [0.1, 0.15) is 39.0 Å². The van der Waals surface area contributed by atoms with Crippen molar-refractivity contribution in [1.82, 2.24) is 15.5 Å². The van der Waals surface area contributed by atoms with Crippen LogP contribution in [0, 0.1) is 5.82 Å². The van der Waals surface area contributed by atoms with Crippen molar-refractivity contribution < 1.29 is 18.8 Å². The Bertz CT molecular complexity index is 709. The Morgan fingerprint density at radius 1 is 1.22 bits per heavy atom. The van der Waals surface area contributed by atoms with E-state index in [1.807, 2.05) is 6.92 Å². The molecule has 1 heterocycles. The second-order valence-electron chi connectivity index (χ2n) is 6.98. The number of urea groups is 1. The monoisotopic (exact) mass is 376 g/mol. The van der Waals surface area contributed by atoms with Crippen molar-refractivity contribution in [1.29, 1.82) is 0 Å². The van der Waals surface area contributed by atoms with Gasteiger partial charge in [0.15, 0.2) is 0 Å². The molecule has 4 amide bonds. The van der Waals surface area contributed by atoms with Gasteiger partial charge in [-0.15, -0.1) is 0 Å². The summed E-state index contributed by atoms with van der Waals surface area (Å²) >= 11 is 0. The molecule has 0 bridgehead atoms. The minimum atomic E-state index is -0.864. The quantitative estimate of drug-likeness (QED) is 0.751. The Kier molecular flexibility index (Phi) is 5.93. The van der Waals surface area contributed by atoms with Crippen LogP contribution in [0.5, 0.6) is 0 Å². The second kappa shape index (κ2) is 8.37. The van der Waals surface area contributed by atoms with Crippen LogP contribution in [0.2, 0.25) is 0 Å². The topological polar surface area (TPSA) is 90.5 Å². The molecule has 8 heteroatoms. The van der Waals surface area contributed by atoms with Gasteiger partial charge < -0.3 is 20.9 Å². The van der Waals surface area contributed by atoms with Gasteiger partial charge in [0.05, 0.1) is 12.5 Å². The molecule has 1 saturated heterocycles.